The molecule has 0 amide bonds. The molecule has 0 bridgehead atoms. The second-order valence-electron chi connectivity index (χ2n) is 4.25. The number of unbranched alkanes of at least 4 members (excludes halogenated alkanes) is 1. The molecule has 0 fully saturated rings. The second kappa shape index (κ2) is 5.75. The second-order valence-corrected chi connectivity index (χ2v) is 8.44. The first-order chi connectivity index (χ1) is 8.87. The number of hydrogen-bond donors (Lipinski definition) is 0. The van der Waals surface area contributed by atoms with Crippen LogP contribution in [0.1, 0.15) is 19.8 Å². The van der Waals surface area contributed by atoms with E-state index in [9.17, 15) is 13.0 Å². The molecule has 0 spiro atoms. The molecule has 1 unspecified atom stereocenters. The number of fused-ring (bicyclic) bond motifs is 1. The van der Waals surface area contributed by atoms with E-state index in [2.05, 4.69) is 10.4 Å². The Morgan fingerprint density at radius 2 is 2.21 bits per heavy atom. The van der Waals surface area contributed by atoms with E-state index < -0.39 is 20.6 Å². The molecule has 0 radical (unpaired) electrons. The molecule has 1 aromatic carbocycles. The van der Waals surface area contributed by atoms with Gasteiger partial charge in [-0.1, -0.05) is 22.1 Å². The molecule has 19 heavy (non-hydrogen) atoms. The average Bonchev–Trinajstić information content (AvgIpc) is 2.58. The van der Waals surface area contributed by atoms with Gasteiger partial charge in [-0.3, -0.25) is 0 Å². The van der Waals surface area contributed by atoms with Crippen LogP contribution in [0.3, 0.4) is 0 Å². The van der Waals surface area contributed by atoms with Gasteiger partial charge in [0.1, 0.15) is 10.6 Å². The summed E-state index contributed by atoms with van der Waals surface area (Å²) in [5.41, 5.74) is 0.892. The maximum atomic E-state index is 10.5. The minimum atomic E-state index is -4.11. The first-order valence-electron chi connectivity index (χ1n) is 5.78. The van der Waals surface area contributed by atoms with Crippen molar-refractivity contribution in [3.63, 3.8) is 0 Å². The molecule has 0 N–H and O–H groups in total. The lowest BCUT2D eigenvalue weighted by Gasteiger charge is -2.03. The third kappa shape index (κ3) is 3.89. The number of benzene rings is 1. The Bertz CT molecular complexity index is 666. The molecule has 1 atom stereocenters. The highest BCUT2D eigenvalue weighted by molar-refractivity contribution is 8.09. The maximum Gasteiger partial charge on any atom is 0.186 e. The molecule has 0 aromatic heterocycles. The van der Waals surface area contributed by atoms with Crippen LogP contribution in [0, 0.1) is 0 Å². The van der Waals surface area contributed by atoms with Crippen molar-refractivity contribution in [2.24, 2.45) is 4.99 Å². The van der Waals surface area contributed by atoms with Crippen LogP contribution in [0.5, 0.6) is 0 Å². The third-order valence-corrected chi connectivity index (χ3v) is 6.08. The first-order valence-corrected chi connectivity index (χ1v) is 9.14. The van der Waals surface area contributed by atoms with Crippen LogP contribution >= 0.6 is 11.6 Å². The molecular weight excluding hydrogens is 306 g/mol. The molecular formula is C12H14ClNO3S2. The zero-order valence-electron chi connectivity index (χ0n) is 10.3. The van der Waals surface area contributed by atoms with Crippen molar-refractivity contribution in [2.75, 3.05) is 5.75 Å². The van der Waals surface area contributed by atoms with Crippen LogP contribution in [0.2, 0.25) is 5.02 Å². The fraction of sp³-hybridized carbons (Fsp3) is 0.333. The van der Waals surface area contributed by atoms with E-state index in [1.54, 1.807) is 0 Å². The zero-order chi connectivity index (χ0) is 14.0. The lowest BCUT2D eigenvalue weighted by Crippen LogP contribution is -2.06. The Labute approximate surface area is 120 Å². The van der Waals surface area contributed by atoms with E-state index in [4.69, 9.17) is 11.6 Å². The molecule has 1 aliphatic rings. The summed E-state index contributed by atoms with van der Waals surface area (Å²) in [4.78, 5) is 5.61. The van der Waals surface area contributed by atoms with E-state index in [0.717, 1.165) is 15.6 Å². The van der Waals surface area contributed by atoms with Crippen molar-refractivity contribution in [2.45, 2.75) is 24.7 Å². The lowest BCUT2D eigenvalue weighted by atomic mass is 10.3. The lowest BCUT2D eigenvalue weighted by molar-refractivity contribution is 0.461. The van der Waals surface area contributed by atoms with Gasteiger partial charge in [-0.25, -0.2) is 13.4 Å². The van der Waals surface area contributed by atoms with Crippen LogP contribution in [0.15, 0.2) is 28.1 Å². The van der Waals surface area contributed by atoms with Gasteiger partial charge in [0.15, 0.2) is 5.04 Å². The van der Waals surface area contributed by atoms with Gasteiger partial charge in [0.25, 0.3) is 0 Å². The van der Waals surface area contributed by atoms with Crippen LogP contribution in [0.25, 0.3) is 0 Å². The van der Waals surface area contributed by atoms with Crippen molar-refractivity contribution in [3.8, 4) is 0 Å². The van der Waals surface area contributed by atoms with Gasteiger partial charge >= 0.3 is 0 Å². The van der Waals surface area contributed by atoms with Gasteiger partial charge < -0.3 is 4.55 Å². The van der Waals surface area contributed by atoms with Crippen LogP contribution in [0.4, 0.5) is 5.69 Å². The molecule has 0 saturated heterocycles. The zero-order valence-corrected chi connectivity index (χ0v) is 12.8. The molecule has 104 valence electrons. The number of thiol groups is 1. The first kappa shape index (κ1) is 14.7. The summed E-state index contributed by atoms with van der Waals surface area (Å²) < 4.78 is 31.6. The van der Waals surface area contributed by atoms with Crippen LogP contribution < -0.4 is 0 Å². The SMILES string of the molecule is CC1=Nc2cc(Cl)ccc2[SH+]1=CCCCS(=O)(=O)[O-]. The Morgan fingerprint density at radius 3 is 2.89 bits per heavy atom. The predicted octanol–water partition coefficient (Wildman–Crippen LogP) is 2.24. The molecule has 1 aliphatic heterocycles. The quantitative estimate of drug-likeness (QED) is 0.281. The molecule has 0 saturated carbocycles. The molecule has 1 heterocycles. The van der Waals surface area contributed by atoms with E-state index in [1.165, 1.54) is 0 Å². The third-order valence-electron chi connectivity index (χ3n) is 2.74. The molecule has 7 heteroatoms. The molecule has 2 rings (SSSR count). The summed E-state index contributed by atoms with van der Waals surface area (Å²) >= 11 is 5.92. The number of nitrogens with zero attached hydrogens (tertiary/aromatic N) is 1. The van der Waals surface area contributed by atoms with Gasteiger partial charge in [0.2, 0.25) is 0 Å². The van der Waals surface area contributed by atoms with Crippen LogP contribution in [-0.4, -0.2) is 29.1 Å². The summed E-state index contributed by atoms with van der Waals surface area (Å²) in [5.74, 6) is -0.309. The minimum Gasteiger partial charge on any atom is -0.748 e. The smallest absolute Gasteiger partial charge is 0.186 e. The molecule has 1 aromatic rings. The van der Waals surface area contributed by atoms with E-state index in [-0.39, 0.29) is 5.75 Å². The van der Waals surface area contributed by atoms with E-state index in [0.29, 0.717) is 17.9 Å². The molecule has 0 aliphatic carbocycles. The van der Waals surface area contributed by atoms with Crippen molar-refractivity contribution in [1.82, 2.24) is 0 Å². The van der Waals surface area contributed by atoms with Crippen LogP contribution in [-0.2, 0) is 20.6 Å². The number of hydrogen-bond acceptors (Lipinski definition) is 4. The Balaban J connectivity index is 2.12. The summed E-state index contributed by atoms with van der Waals surface area (Å²) in [5, 5.41) is 3.75. The van der Waals surface area contributed by atoms with Crippen molar-refractivity contribution < 1.29 is 13.0 Å². The predicted molar refractivity (Wildman–Crippen MR) is 81.1 cm³/mol. The van der Waals surface area contributed by atoms with Crippen molar-refractivity contribution >= 4 is 48.3 Å². The van der Waals surface area contributed by atoms with Crippen molar-refractivity contribution in [1.29, 1.82) is 0 Å². The summed E-state index contributed by atoms with van der Waals surface area (Å²) in [7, 11) is -4.72. The van der Waals surface area contributed by atoms with Gasteiger partial charge in [0, 0.05) is 24.1 Å². The highest BCUT2D eigenvalue weighted by Crippen LogP contribution is 2.33. The average molecular weight is 320 g/mol. The summed E-state index contributed by atoms with van der Waals surface area (Å²) in [6, 6.07) is 5.63. The standard InChI is InChI=1S/C12H14ClNO3S2/c1-9-14-11-8-10(13)4-5-12(11)18(9)6-2-3-7-19(15,16)17/h4-6,8H,2-3,7H2,1H3,(H,15,16,17). The fourth-order valence-corrected chi connectivity index (χ4v) is 4.65. The fourth-order valence-electron chi connectivity index (χ4n) is 1.90. The number of aliphatic imine (C=N–C) groups is 1. The topological polar surface area (TPSA) is 69.6 Å². The van der Waals surface area contributed by atoms with Gasteiger partial charge in [-0.2, -0.15) is 0 Å². The molecule has 4 nitrogen and oxygen atoms in total. The highest BCUT2D eigenvalue weighted by atomic mass is 35.5. The summed E-state index contributed by atoms with van der Waals surface area (Å²) in [6.07, 6.45) is 0.961. The highest BCUT2D eigenvalue weighted by Gasteiger charge is 2.22. The largest absolute Gasteiger partial charge is 0.748 e. The Morgan fingerprint density at radius 1 is 1.47 bits per heavy atom. The Kier molecular flexibility index (Phi) is 4.45. The number of halogens is 1. The van der Waals surface area contributed by atoms with Gasteiger partial charge in [0.05, 0.1) is 15.5 Å². The van der Waals surface area contributed by atoms with Gasteiger partial charge in [-0.05, 0) is 24.6 Å². The van der Waals surface area contributed by atoms with Crippen molar-refractivity contribution in [3.05, 3.63) is 23.2 Å². The summed E-state index contributed by atoms with van der Waals surface area (Å²) in [6.45, 7) is 1.96. The maximum absolute atomic E-state index is 10.5. The van der Waals surface area contributed by atoms with E-state index >= 15 is 0 Å². The minimum absolute atomic E-state index is 0.309. The monoisotopic (exact) mass is 319 g/mol. The Hall–Kier alpha value is -0.690. The van der Waals surface area contributed by atoms with E-state index in [1.807, 2.05) is 25.1 Å². The normalized spacial score (nSPS) is 18.5. The number of rotatable bonds is 4. The van der Waals surface area contributed by atoms with Gasteiger partial charge in [-0.15, -0.1) is 0 Å².